The lowest BCUT2D eigenvalue weighted by Gasteiger charge is -2.51. The van der Waals surface area contributed by atoms with Crippen LogP contribution in [0.5, 0.6) is 5.75 Å². The Bertz CT molecular complexity index is 1470. The second kappa shape index (κ2) is 9.69. The van der Waals surface area contributed by atoms with Crippen LogP contribution in [0, 0.1) is 23.5 Å². The minimum absolute atomic E-state index is 0.00852. The monoisotopic (exact) mass is 593 g/mol. The van der Waals surface area contributed by atoms with Gasteiger partial charge in [0.1, 0.15) is 10.6 Å². The molecule has 13 heteroatoms. The maximum absolute atomic E-state index is 15.5. The van der Waals surface area contributed by atoms with Crippen molar-refractivity contribution in [1.29, 1.82) is 0 Å². The van der Waals surface area contributed by atoms with Crippen molar-refractivity contribution in [2.45, 2.75) is 60.9 Å². The number of alkyl halides is 3. The molecule has 39 heavy (non-hydrogen) atoms. The molecule has 3 atom stereocenters. The predicted molar refractivity (Wildman–Crippen MR) is 132 cm³/mol. The van der Waals surface area contributed by atoms with Gasteiger partial charge in [-0.1, -0.05) is 6.42 Å². The molecular weight excluding hydrogens is 565 g/mol. The van der Waals surface area contributed by atoms with E-state index in [9.17, 15) is 34.4 Å². The van der Waals surface area contributed by atoms with E-state index in [1.54, 1.807) is 0 Å². The number of sulfonamides is 1. The summed E-state index contributed by atoms with van der Waals surface area (Å²) in [7, 11) is -8.27. The molecule has 214 valence electrons. The van der Waals surface area contributed by atoms with Crippen LogP contribution in [0.1, 0.15) is 50.2 Å². The first-order valence-corrected chi connectivity index (χ1v) is 15.9. The van der Waals surface area contributed by atoms with E-state index in [2.05, 4.69) is 0 Å². The standard InChI is InChI=1S/C26H28F5NO5S2/c1-2-38(33,34)32(18-7-8-18)14-16-4-3-13-25(20(16)15-37-24-22(28)12-11-21(27)23(24)25)39(35,36)19-9-5-17(6-10-19)26(29,30)31/h5-6,9-12,16,18,20H,2-4,7-8,13-15H2,1H3/t16-,20-,25-/m0/s1. The molecule has 1 aliphatic heterocycles. The van der Waals surface area contributed by atoms with Crippen LogP contribution in [0.3, 0.4) is 0 Å². The van der Waals surface area contributed by atoms with Gasteiger partial charge in [-0.05, 0) is 74.9 Å². The fourth-order valence-electron chi connectivity index (χ4n) is 6.19. The highest BCUT2D eigenvalue weighted by Crippen LogP contribution is 2.58. The van der Waals surface area contributed by atoms with Gasteiger partial charge in [-0.25, -0.2) is 25.6 Å². The first-order valence-electron chi connectivity index (χ1n) is 12.8. The van der Waals surface area contributed by atoms with Gasteiger partial charge < -0.3 is 4.74 Å². The average Bonchev–Trinajstić information content (AvgIpc) is 3.73. The number of hydrogen-bond donors (Lipinski definition) is 0. The fourth-order valence-corrected chi connectivity index (χ4v) is 10.0. The highest BCUT2D eigenvalue weighted by Gasteiger charge is 2.61. The number of benzene rings is 2. The maximum Gasteiger partial charge on any atom is 0.416 e. The SMILES string of the molecule is CCS(=O)(=O)N(C[C@@H]1CCC[C@@]2(S(=O)(=O)c3ccc(C(F)(F)F)cc3)c3c(F)ccc(F)c3OC[C@@H]12)C1CC1. The van der Waals surface area contributed by atoms with Crippen molar-refractivity contribution in [2.75, 3.05) is 18.9 Å². The molecule has 0 spiro atoms. The highest BCUT2D eigenvalue weighted by molar-refractivity contribution is 7.92. The van der Waals surface area contributed by atoms with Gasteiger partial charge in [0.05, 0.1) is 28.4 Å². The van der Waals surface area contributed by atoms with Crippen molar-refractivity contribution in [3.8, 4) is 5.75 Å². The quantitative estimate of drug-likeness (QED) is 0.409. The van der Waals surface area contributed by atoms with Crippen LogP contribution in [0.25, 0.3) is 0 Å². The highest BCUT2D eigenvalue weighted by atomic mass is 32.2. The lowest BCUT2D eigenvalue weighted by atomic mass is 9.67. The van der Waals surface area contributed by atoms with E-state index in [0.29, 0.717) is 31.4 Å². The van der Waals surface area contributed by atoms with E-state index < -0.39 is 76.0 Å². The summed E-state index contributed by atoms with van der Waals surface area (Å²) >= 11 is 0. The zero-order chi connectivity index (χ0) is 28.4. The molecular formula is C26H28F5NO5S2. The molecule has 2 aromatic rings. The Morgan fingerprint density at radius 3 is 2.21 bits per heavy atom. The van der Waals surface area contributed by atoms with E-state index in [1.807, 2.05) is 0 Å². The second-order valence-corrected chi connectivity index (χ2v) is 14.8. The number of hydrogen-bond acceptors (Lipinski definition) is 5. The van der Waals surface area contributed by atoms with E-state index in [-0.39, 0.29) is 37.8 Å². The number of halogens is 5. The minimum atomic E-state index is -4.70. The fraction of sp³-hybridized carbons (Fsp3) is 0.538. The largest absolute Gasteiger partial charge is 0.490 e. The van der Waals surface area contributed by atoms with Crippen LogP contribution in [-0.2, 0) is 30.8 Å². The molecule has 2 fully saturated rings. The molecule has 2 saturated carbocycles. The first kappa shape index (κ1) is 28.3. The van der Waals surface area contributed by atoms with Crippen LogP contribution in [0.2, 0.25) is 0 Å². The molecule has 6 nitrogen and oxygen atoms in total. The first-order chi connectivity index (χ1) is 18.2. The van der Waals surface area contributed by atoms with Gasteiger partial charge in [0.15, 0.2) is 21.4 Å². The number of fused-ring (bicyclic) bond motifs is 3. The van der Waals surface area contributed by atoms with Gasteiger partial charge in [0, 0.05) is 18.5 Å². The van der Waals surface area contributed by atoms with Gasteiger partial charge in [0.25, 0.3) is 0 Å². The second-order valence-electron chi connectivity index (χ2n) is 10.4. The molecule has 0 unspecified atom stereocenters. The Labute approximate surface area is 224 Å². The van der Waals surface area contributed by atoms with Crippen LogP contribution >= 0.6 is 0 Å². The van der Waals surface area contributed by atoms with Crippen LogP contribution in [0.15, 0.2) is 41.3 Å². The molecule has 0 N–H and O–H groups in total. The van der Waals surface area contributed by atoms with Crippen LogP contribution in [-0.4, -0.2) is 46.1 Å². The molecule has 2 aromatic carbocycles. The van der Waals surface area contributed by atoms with Gasteiger partial charge in [-0.2, -0.15) is 17.5 Å². The van der Waals surface area contributed by atoms with Gasteiger partial charge >= 0.3 is 6.18 Å². The summed E-state index contributed by atoms with van der Waals surface area (Å²) in [5.41, 5.74) is -1.54. The Kier molecular flexibility index (Phi) is 7.03. The summed E-state index contributed by atoms with van der Waals surface area (Å²) in [4.78, 5) is -0.460. The van der Waals surface area contributed by atoms with Crippen molar-refractivity contribution >= 4 is 19.9 Å². The Morgan fingerprint density at radius 1 is 0.974 bits per heavy atom. The lowest BCUT2D eigenvalue weighted by molar-refractivity contribution is -0.137. The third-order valence-electron chi connectivity index (χ3n) is 8.24. The molecule has 1 heterocycles. The van der Waals surface area contributed by atoms with E-state index in [4.69, 9.17) is 4.74 Å². The number of nitrogens with zero attached hydrogens (tertiary/aromatic N) is 1. The summed E-state index contributed by atoms with van der Waals surface area (Å²) in [5.74, 6) is -4.21. The van der Waals surface area contributed by atoms with Crippen molar-refractivity contribution in [2.24, 2.45) is 11.8 Å². The Morgan fingerprint density at radius 2 is 1.62 bits per heavy atom. The van der Waals surface area contributed by atoms with Gasteiger partial charge in [-0.3, -0.25) is 0 Å². The van der Waals surface area contributed by atoms with Crippen molar-refractivity contribution in [3.05, 3.63) is 59.2 Å². The molecule has 2 aliphatic carbocycles. The molecule has 0 aromatic heterocycles. The van der Waals surface area contributed by atoms with E-state index in [1.165, 1.54) is 11.2 Å². The third-order valence-corrected chi connectivity index (χ3v) is 12.7. The summed E-state index contributed by atoms with van der Waals surface area (Å²) in [6.45, 7) is 1.19. The number of rotatable bonds is 7. The van der Waals surface area contributed by atoms with Crippen LogP contribution in [0.4, 0.5) is 22.0 Å². The summed E-state index contributed by atoms with van der Waals surface area (Å²) in [6, 6.07) is 4.38. The summed E-state index contributed by atoms with van der Waals surface area (Å²) in [6.07, 6.45) is -2.81. The molecule has 5 rings (SSSR count). The molecule has 0 bridgehead atoms. The van der Waals surface area contributed by atoms with Crippen molar-refractivity contribution in [3.63, 3.8) is 0 Å². The van der Waals surface area contributed by atoms with Crippen molar-refractivity contribution in [1.82, 2.24) is 4.31 Å². The van der Waals surface area contributed by atoms with Gasteiger partial charge in [0.2, 0.25) is 10.0 Å². The van der Waals surface area contributed by atoms with Gasteiger partial charge in [-0.15, -0.1) is 0 Å². The minimum Gasteiger partial charge on any atom is -0.490 e. The molecule has 0 saturated heterocycles. The molecule has 0 amide bonds. The zero-order valence-corrected chi connectivity index (χ0v) is 22.7. The normalized spacial score (nSPS) is 25.6. The topological polar surface area (TPSA) is 80.8 Å². The Hall–Kier alpha value is -2.25. The van der Waals surface area contributed by atoms with Crippen LogP contribution < -0.4 is 4.74 Å². The summed E-state index contributed by atoms with van der Waals surface area (Å²) < 4.78 is 130. The van der Waals surface area contributed by atoms with Crippen molar-refractivity contribution < 1.29 is 43.5 Å². The smallest absolute Gasteiger partial charge is 0.416 e. The van der Waals surface area contributed by atoms with E-state index >= 15 is 4.39 Å². The van der Waals surface area contributed by atoms with E-state index in [0.717, 1.165) is 24.3 Å². The lowest BCUT2D eigenvalue weighted by Crippen LogP contribution is -2.56. The summed E-state index contributed by atoms with van der Waals surface area (Å²) in [5, 5.41) is 0. The predicted octanol–water partition coefficient (Wildman–Crippen LogP) is 5.28. The third kappa shape index (κ3) is 4.63. The zero-order valence-electron chi connectivity index (χ0n) is 21.0. The maximum atomic E-state index is 15.5. The Balaban J connectivity index is 1.67. The molecule has 0 radical (unpaired) electrons. The molecule has 3 aliphatic rings. The number of sulfone groups is 1. The average molecular weight is 594 g/mol. The number of ether oxygens (including phenoxy) is 1.